The van der Waals surface area contributed by atoms with Crippen LogP contribution in [-0.4, -0.2) is 51.2 Å². The second-order valence-electron chi connectivity index (χ2n) is 9.59. The van der Waals surface area contributed by atoms with Crippen molar-refractivity contribution in [1.29, 1.82) is 0 Å². The van der Waals surface area contributed by atoms with E-state index >= 15 is 0 Å². The molecule has 0 aliphatic heterocycles. The van der Waals surface area contributed by atoms with E-state index in [-0.39, 0.29) is 12.1 Å². The van der Waals surface area contributed by atoms with Gasteiger partial charge in [0.05, 0.1) is 18.0 Å². The zero-order valence-corrected chi connectivity index (χ0v) is 20.2. The Hall–Kier alpha value is -2.99. The maximum absolute atomic E-state index is 12.4. The highest BCUT2D eigenvalue weighted by atomic mass is 16.6. The van der Waals surface area contributed by atoms with Gasteiger partial charge in [0.2, 0.25) is 6.54 Å². The van der Waals surface area contributed by atoms with Crippen molar-refractivity contribution in [3.8, 4) is 11.3 Å². The number of amides is 1. The zero-order valence-electron chi connectivity index (χ0n) is 20.2. The first kappa shape index (κ1) is 24.6. The van der Waals surface area contributed by atoms with Crippen molar-refractivity contribution in [1.82, 2.24) is 19.7 Å². The monoisotopic (exact) mass is 454 g/mol. The first-order valence-corrected chi connectivity index (χ1v) is 11.5. The Balaban J connectivity index is 1.95. The van der Waals surface area contributed by atoms with Gasteiger partial charge in [0.25, 0.3) is 0 Å². The number of anilines is 1. The molecule has 0 radical (unpaired) electrons. The molecule has 1 amide bonds. The van der Waals surface area contributed by atoms with Gasteiger partial charge in [-0.25, -0.2) is 21.3 Å². The maximum Gasteiger partial charge on any atom is 0.413 e. The van der Waals surface area contributed by atoms with Gasteiger partial charge in [0.15, 0.2) is 0 Å². The van der Waals surface area contributed by atoms with Crippen molar-refractivity contribution < 1.29 is 14.3 Å². The molecule has 1 saturated carbocycles. The fourth-order valence-corrected chi connectivity index (χ4v) is 4.26. The third-order valence-corrected chi connectivity index (χ3v) is 5.90. The molecule has 1 aliphatic carbocycles. The van der Waals surface area contributed by atoms with E-state index < -0.39 is 11.7 Å². The first-order valence-electron chi connectivity index (χ1n) is 11.5. The highest BCUT2D eigenvalue weighted by molar-refractivity contribution is 5.86. The number of carbonyl (C=O) groups excluding carboxylic acids is 1. The third kappa shape index (κ3) is 6.51. The van der Waals surface area contributed by atoms with E-state index in [9.17, 15) is 4.79 Å². The van der Waals surface area contributed by atoms with Crippen molar-refractivity contribution in [2.45, 2.75) is 77.5 Å². The molecule has 33 heavy (non-hydrogen) atoms. The molecule has 3 rings (SSSR count). The van der Waals surface area contributed by atoms with E-state index in [1.165, 1.54) is 19.2 Å². The number of nitrogens with zero attached hydrogens (tertiary/aromatic N) is 5. The van der Waals surface area contributed by atoms with E-state index in [1.807, 2.05) is 38.6 Å². The number of carbonyl (C=O) groups is 1. The van der Waals surface area contributed by atoms with E-state index in [2.05, 4.69) is 25.2 Å². The molecule has 9 nitrogen and oxygen atoms in total. The molecule has 2 heterocycles. The molecule has 9 heteroatoms. The van der Waals surface area contributed by atoms with Crippen LogP contribution in [0.5, 0.6) is 0 Å². The standard InChI is InChI=1S/C24H34N6O3/c1-16(32-6)11-19-21(26-15-27-22(19)29-23(31)33-24(2,3)4)18-12-28-30(14-18)20(13-25-5)17-9-7-8-10-17/h12,14-17,20H,7-11,13H2,1-4,6H3,(H,26,27,29,31)/t16?,20-/m1/s1. The number of hydrogen-bond acceptors (Lipinski definition) is 6. The van der Waals surface area contributed by atoms with Gasteiger partial charge >= 0.3 is 6.09 Å². The summed E-state index contributed by atoms with van der Waals surface area (Å²) in [5, 5.41) is 7.37. The van der Waals surface area contributed by atoms with Crippen LogP contribution in [-0.2, 0) is 15.9 Å². The van der Waals surface area contributed by atoms with Gasteiger partial charge in [0, 0.05) is 30.9 Å². The Kier molecular flexibility index (Phi) is 8.03. The van der Waals surface area contributed by atoms with E-state index in [0.717, 1.165) is 24.0 Å². The van der Waals surface area contributed by atoms with E-state index in [4.69, 9.17) is 16.0 Å². The molecule has 2 aromatic heterocycles. The minimum Gasteiger partial charge on any atom is -0.444 e. The molecule has 2 aromatic rings. The average Bonchev–Trinajstić information content (AvgIpc) is 3.44. The van der Waals surface area contributed by atoms with Crippen LogP contribution in [0.15, 0.2) is 18.7 Å². The highest BCUT2D eigenvalue weighted by Gasteiger charge is 2.30. The van der Waals surface area contributed by atoms with E-state index in [0.29, 0.717) is 30.4 Å². The Morgan fingerprint density at radius 1 is 1.33 bits per heavy atom. The predicted molar refractivity (Wildman–Crippen MR) is 126 cm³/mol. The van der Waals surface area contributed by atoms with Crippen LogP contribution in [0, 0.1) is 12.5 Å². The summed E-state index contributed by atoms with van der Waals surface area (Å²) in [4.78, 5) is 24.9. The molecule has 0 saturated heterocycles. The Morgan fingerprint density at radius 3 is 2.70 bits per heavy atom. The minimum absolute atomic E-state index is 0.0568. The summed E-state index contributed by atoms with van der Waals surface area (Å²) in [5.41, 5.74) is 1.62. The van der Waals surface area contributed by atoms with Crippen LogP contribution in [0.25, 0.3) is 16.1 Å². The van der Waals surface area contributed by atoms with Gasteiger partial charge in [-0.1, -0.05) is 12.8 Å². The first-order chi connectivity index (χ1) is 15.7. The number of hydrogen-bond donors (Lipinski definition) is 1. The zero-order chi connectivity index (χ0) is 24.0. The lowest BCUT2D eigenvalue weighted by atomic mass is 9.98. The summed E-state index contributed by atoms with van der Waals surface area (Å²) in [6, 6.07) is 0.0568. The molecule has 0 bridgehead atoms. The summed E-state index contributed by atoms with van der Waals surface area (Å²) < 4.78 is 12.8. The van der Waals surface area contributed by atoms with Gasteiger partial charge in [-0.3, -0.25) is 10.00 Å². The van der Waals surface area contributed by atoms with E-state index in [1.54, 1.807) is 13.3 Å². The van der Waals surface area contributed by atoms with Gasteiger partial charge < -0.3 is 14.3 Å². The molecule has 0 spiro atoms. The Labute approximate surface area is 195 Å². The molecule has 1 unspecified atom stereocenters. The summed E-state index contributed by atoms with van der Waals surface area (Å²) in [7, 11) is 1.64. The number of ether oxygens (including phenoxy) is 2. The van der Waals surface area contributed by atoms with Crippen LogP contribution in [0.3, 0.4) is 0 Å². The number of methoxy groups -OCH3 is 1. The smallest absolute Gasteiger partial charge is 0.413 e. The normalized spacial score (nSPS) is 16.2. The Morgan fingerprint density at radius 2 is 2.06 bits per heavy atom. The summed E-state index contributed by atoms with van der Waals surface area (Å²) in [6.45, 7) is 15.2. The van der Waals surface area contributed by atoms with Gasteiger partial charge in [-0.05, 0) is 46.5 Å². The fraction of sp³-hybridized carbons (Fsp3) is 0.625. The lowest BCUT2D eigenvalue weighted by Crippen LogP contribution is -2.28. The van der Waals surface area contributed by atoms with Crippen LogP contribution in [0.4, 0.5) is 10.6 Å². The molecule has 2 atom stereocenters. The van der Waals surface area contributed by atoms with Crippen LogP contribution in [0.2, 0.25) is 0 Å². The largest absolute Gasteiger partial charge is 0.444 e. The summed E-state index contributed by atoms with van der Waals surface area (Å²) in [5.74, 6) is 0.856. The third-order valence-electron chi connectivity index (χ3n) is 5.90. The average molecular weight is 455 g/mol. The molecule has 1 fully saturated rings. The number of aromatic nitrogens is 4. The van der Waals surface area contributed by atoms with Crippen molar-refractivity contribution in [3.63, 3.8) is 0 Å². The number of rotatable bonds is 8. The van der Waals surface area contributed by atoms with Crippen LogP contribution < -0.4 is 5.32 Å². The van der Waals surface area contributed by atoms with Gasteiger partial charge in [-0.2, -0.15) is 5.10 Å². The van der Waals surface area contributed by atoms with Gasteiger partial charge in [0.1, 0.15) is 23.8 Å². The quantitative estimate of drug-likeness (QED) is 0.569. The molecular weight excluding hydrogens is 420 g/mol. The lowest BCUT2D eigenvalue weighted by molar-refractivity contribution is 0.0634. The maximum atomic E-state index is 12.4. The summed E-state index contributed by atoms with van der Waals surface area (Å²) in [6.07, 6.45) is 9.62. The van der Waals surface area contributed by atoms with Gasteiger partial charge in [-0.15, -0.1) is 0 Å². The van der Waals surface area contributed by atoms with Crippen LogP contribution >= 0.6 is 0 Å². The van der Waals surface area contributed by atoms with Crippen LogP contribution in [0.1, 0.15) is 65.0 Å². The second kappa shape index (κ2) is 10.8. The fourth-order valence-electron chi connectivity index (χ4n) is 4.26. The van der Waals surface area contributed by atoms with Crippen molar-refractivity contribution in [2.75, 3.05) is 19.0 Å². The topological polar surface area (TPSA) is 95.5 Å². The summed E-state index contributed by atoms with van der Waals surface area (Å²) >= 11 is 0. The molecular formula is C24H34N6O3. The second-order valence-corrected chi connectivity index (χ2v) is 9.59. The number of nitrogens with one attached hydrogen (secondary N) is 1. The molecule has 0 aromatic carbocycles. The molecule has 1 N–H and O–H groups in total. The van der Waals surface area contributed by atoms with Crippen molar-refractivity contribution >= 4 is 11.9 Å². The Bertz CT molecular complexity index is 985. The molecule has 1 aliphatic rings. The SMILES string of the molecule is [C-]#[N+]C[C@H](C1CCCC1)n1cc(-c2ncnc(NC(=O)OC(C)(C)C)c2CC(C)OC)cn1. The predicted octanol–water partition coefficient (Wildman–Crippen LogP) is 4.92. The van der Waals surface area contributed by atoms with Crippen molar-refractivity contribution in [3.05, 3.63) is 35.7 Å². The molecule has 178 valence electrons. The lowest BCUT2D eigenvalue weighted by Gasteiger charge is -2.21. The minimum atomic E-state index is -0.626. The van der Waals surface area contributed by atoms with Crippen molar-refractivity contribution in [2.24, 2.45) is 5.92 Å². The highest BCUT2D eigenvalue weighted by Crippen LogP contribution is 2.35.